The van der Waals surface area contributed by atoms with Crippen molar-refractivity contribution >= 4 is 35.8 Å². The third-order valence-electron chi connectivity index (χ3n) is 5.29. The molecule has 9 heteroatoms. The molecule has 166 valence electrons. The van der Waals surface area contributed by atoms with E-state index < -0.39 is 0 Å². The molecular weight excluding hydrogens is 498 g/mol. The number of rotatable bonds is 8. The van der Waals surface area contributed by atoms with Gasteiger partial charge in [-0.25, -0.2) is 14.4 Å². The summed E-state index contributed by atoms with van der Waals surface area (Å²) in [6, 6.07) is 5.23. The molecule has 2 aromatic heterocycles. The van der Waals surface area contributed by atoms with Crippen molar-refractivity contribution in [1.82, 2.24) is 20.8 Å². The number of pyridine rings is 1. The van der Waals surface area contributed by atoms with Gasteiger partial charge in [0, 0.05) is 43.9 Å². The Balaban J connectivity index is 0.00000320. The first kappa shape index (κ1) is 24.4. The molecule has 3 rings (SSSR count). The van der Waals surface area contributed by atoms with E-state index in [1.807, 2.05) is 17.9 Å². The van der Waals surface area contributed by atoms with Crippen LogP contribution in [-0.4, -0.2) is 41.8 Å². The monoisotopic (exact) mass is 530 g/mol. The van der Waals surface area contributed by atoms with E-state index in [1.54, 1.807) is 12.3 Å². The summed E-state index contributed by atoms with van der Waals surface area (Å²) in [6.07, 6.45) is 4.61. The zero-order chi connectivity index (χ0) is 20.6. The van der Waals surface area contributed by atoms with E-state index in [0.717, 1.165) is 49.8 Å². The smallest absolute Gasteiger partial charge is 0.191 e. The molecule has 1 fully saturated rings. The van der Waals surface area contributed by atoms with Crippen molar-refractivity contribution in [2.75, 3.05) is 24.5 Å². The normalized spacial score (nSPS) is 16.6. The fourth-order valence-electron chi connectivity index (χ4n) is 3.65. The fourth-order valence-corrected chi connectivity index (χ4v) is 3.65. The van der Waals surface area contributed by atoms with Crippen LogP contribution in [-0.2, 0) is 6.54 Å². The summed E-state index contributed by atoms with van der Waals surface area (Å²) in [6.45, 7) is 8.97. The zero-order valence-corrected chi connectivity index (χ0v) is 20.2. The van der Waals surface area contributed by atoms with Gasteiger partial charge in [-0.3, -0.25) is 0 Å². The van der Waals surface area contributed by atoms with Crippen molar-refractivity contribution in [3.8, 4) is 0 Å². The standard InChI is InChI=1S/C21H31FN6O.HI/c1-4-15(5-2)19-12-17(29-27-19)13-25-21(23-6-3)26-16-9-11-28(14-16)20-18(22)8-7-10-24-20;/h7-8,10,12,15-16H,4-6,9,11,13-14H2,1-3H3,(H2,23,25,26);1H. The van der Waals surface area contributed by atoms with E-state index in [1.165, 1.54) is 6.07 Å². The highest BCUT2D eigenvalue weighted by Gasteiger charge is 2.26. The van der Waals surface area contributed by atoms with Crippen LogP contribution >= 0.6 is 24.0 Å². The maximum atomic E-state index is 14.0. The van der Waals surface area contributed by atoms with Gasteiger partial charge in [0.1, 0.15) is 6.54 Å². The van der Waals surface area contributed by atoms with E-state index >= 15 is 0 Å². The Labute approximate surface area is 194 Å². The van der Waals surface area contributed by atoms with Crippen molar-refractivity contribution in [2.45, 2.75) is 58.5 Å². The van der Waals surface area contributed by atoms with Crippen molar-refractivity contribution in [3.05, 3.63) is 41.7 Å². The summed E-state index contributed by atoms with van der Waals surface area (Å²) in [7, 11) is 0. The second kappa shape index (κ2) is 12.1. The van der Waals surface area contributed by atoms with Gasteiger partial charge in [-0.1, -0.05) is 19.0 Å². The van der Waals surface area contributed by atoms with Gasteiger partial charge >= 0.3 is 0 Å². The first-order valence-corrected chi connectivity index (χ1v) is 10.5. The summed E-state index contributed by atoms with van der Waals surface area (Å²) in [5, 5.41) is 10.9. The summed E-state index contributed by atoms with van der Waals surface area (Å²) in [4.78, 5) is 10.8. The molecule has 1 aliphatic heterocycles. The summed E-state index contributed by atoms with van der Waals surface area (Å²) >= 11 is 0. The number of anilines is 1. The van der Waals surface area contributed by atoms with Crippen LogP contribution in [0.15, 0.2) is 33.9 Å². The van der Waals surface area contributed by atoms with Crippen molar-refractivity contribution in [3.63, 3.8) is 0 Å². The predicted molar refractivity (Wildman–Crippen MR) is 128 cm³/mol. The number of aliphatic imine (C=N–C) groups is 1. The van der Waals surface area contributed by atoms with E-state index in [0.29, 0.717) is 24.8 Å². The number of hydrogen-bond donors (Lipinski definition) is 2. The van der Waals surface area contributed by atoms with Crippen LogP contribution in [0, 0.1) is 5.82 Å². The Hall–Kier alpha value is -1.91. The highest BCUT2D eigenvalue weighted by molar-refractivity contribution is 14.0. The Morgan fingerprint density at radius 1 is 1.37 bits per heavy atom. The Kier molecular flexibility index (Phi) is 9.80. The molecule has 0 bridgehead atoms. The molecule has 30 heavy (non-hydrogen) atoms. The minimum Gasteiger partial charge on any atom is -0.359 e. The largest absolute Gasteiger partial charge is 0.359 e. The Morgan fingerprint density at radius 2 is 2.17 bits per heavy atom. The van der Waals surface area contributed by atoms with E-state index in [2.05, 4.69) is 39.6 Å². The van der Waals surface area contributed by atoms with Crippen molar-refractivity contribution in [2.24, 2.45) is 4.99 Å². The van der Waals surface area contributed by atoms with E-state index in [9.17, 15) is 4.39 Å². The van der Waals surface area contributed by atoms with Gasteiger partial charge in [-0.2, -0.15) is 0 Å². The lowest BCUT2D eigenvalue weighted by Gasteiger charge is -2.19. The average Bonchev–Trinajstić information content (AvgIpc) is 3.38. The lowest BCUT2D eigenvalue weighted by Crippen LogP contribution is -2.44. The second-order valence-corrected chi connectivity index (χ2v) is 7.31. The third kappa shape index (κ3) is 6.29. The number of halogens is 2. The minimum atomic E-state index is -0.285. The highest BCUT2D eigenvalue weighted by Crippen LogP contribution is 2.23. The van der Waals surface area contributed by atoms with E-state index in [-0.39, 0.29) is 35.8 Å². The third-order valence-corrected chi connectivity index (χ3v) is 5.29. The SMILES string of the molecule is CCNC(=NCc1cc(C(CC)CC)no1)NC1CCN(c2ncccc2F)C1.I. The summed E-state index contributed by atoms with van der Waals surface area (Å²) < 4.78 is 19.5. The van der Waals surface area contributed by atoms with Crippen molar-refractivity contribution < 1.29 is 8.91 Å². The van der Waals surface area contributed by atoms with Crippen LogP contribution in [0.4, 0.5) is 10.2 Å². The van der Waals surface area contributed by atoms with Gasteiger partial charge in [-0.05, 0) is 38.3 Å². The molecule has 0 saturated carbocycles. The molecule has 0 aromatic carbocycles. The molecule has 1 saturated heterocycles. The average molecular weight is 530 g/mol. The molecule has 2 N–H and O–H groups in total. The molecule has 2 aromatic rings. The van der Waals surface area contributed by atoms with Gasteiger partial charge in [0.2, 0.25) is 0 Å². The van der Waals surface area contributed by atoms with Crippen molar-refractivity contribution in [1.29, 1.82) is 0 Å². The predicted octanol–water partition coefficient (Wildman–Crippen LogP) is 4.06. The lowest BCUT2D eigenvalue weighted by molar-refractivity contribution is 0.372. The van der Waals surface area contributed by atoms with Gasteiger partial charge in [0.05, 0.1) is 5.69 Å². The summed E-state index contributed by atoms with van der Waals surface area (Å²) in [5.41, 5.74) is 1.00. The molecule has 0 amide bonds. The van der Waals surface area contributed by atoms with Gasteiger partial charge in [0.15, 0.2) is 23.4 Å². The van der Waals surface area contributed by atoms with Crippen LogP contribution < -0.4 is 15.5 Å². The topological polar surface area (TPSA) is 78.6 Å². The van der Waals surface area contributed by atoms with Crippen LogP contribution in [0.3, 0.4) is 0 Å². The first-order valence-electron chi connectivity index (χ1n) is 10.5. The molecule has 0 aliphatic carbocycles. The molecular formula is C21H32FIN6O. The quantitative estimate of drug-likeness (QED) is 0.305. The number of aromatic nitrogens is 2. The van der Waals surface area contributed by atoms with Gasteiger partial charge < -0.3 is 20.1 Å². The second-order valence-electron chi connectivity index (χ2n) is 7.31. The lowest BCUT2D eigenvalue weighted by atomic mass is 9.99. The van der Waals surface area contributed by atoms with Crippen LogP contribution in [0.1, 0.15) is 57.4 Å². The van der Waals surface area contributed by atoms with Crippen LogP contribution in [0.5, 0.6) is 0 Å². The summed E-state index contributed by atoms with van der Waals surface area (Å²) in [5.74, 6) is 2.04. The maximum Gasteiger partial charge on any atom is 0.191 e. The first-order chi connectivity index (χ1) is 14.1. The minimum absolute atomic E-state index is 0. The zero-order valence-electron chi connectivity index (χ0n) is 17.9. The Bertz CT molecular complexity index is 810. The highest BCUT2D eigenvalue weighted by atomic mass is 127. The van der Waals surface area contributed by atoms with Crippen LogP contribution in [0.25, 0.3) is 0 Å². The molecule has 1 aliphatic rings. The van der Waals surface area contributed by atoms with Gasteiger partial charge in [0.25, 0.3) is 0 Å². The molecule has 1 atom stereocenters. The van der Waals surface area contributed by atoms with Gasteiger partial charge in [-0.15, -0.1) is 24.0 Å². The molecule has 7 nitrogen and oxygen atoms in total. The fraction of sp³-hybridized carbons (Fsp3) is 0.571. The number of nitrogens with one attached hydrogen (secondary N) is 2. The Morgan fingerprint density at radius 3 is 2.87 bits per heavy atom. The number of nitrogens with zero attached hydrogens (tertiary/aromatic N) is 4. The molecule has 0 radical (unpaired) electrons. The maximum absolute atomic E-state index is 14.0. The number of hydrogen-bond acceptors (Lipinski definition) is 5. The molecule has 0 spiro atoms. The molecule has 3 heterocycles. The number of guanidine groups is 1. The molecule has 1 unspecified atom stereocenters. The van der Waals surface area contributed by atoms with E-state index in [4.69, 9.17) is 4.52 Å². The van der Waals surface area contributed by atoms with Crippen LogP contribution in [0.2, 0.25) is 0 Å².